The van der Waals surface area contributed by atoms with Crippen LogP contribution in [0, 0.1) is 0 Å². The van der Waals surface area contributed by atoms with Crippen LogP contribution >= 0.6 is 0 Å². The van der Waals surface area contributed by atoms with E-state index in [1.807, 2.05) is 0 Å². The zero-order chi connectivity index (χ0) is 23.5. The molecule has 5 heteroatoms. The minimum atomic E-state index is -4.30. The zero-order valence-electron chi connectivity index (χ0n) is 19.3. The van der Waals surface area contributed by atoms with Gasteiger partial charge in [0.1, 0.15) is 0 Å². The molecule has 0 saturated heterocycles. The first-order valence-corrected chi connectivity index (χ1v) is 11.7. The molecule has 0 spiro atoms. The Morgan fingerprint density at radius 3 is 2.48 bits per heavy atom. The summed E-state index contributed by atoms with van der Waals surface area (Å²) in [6, 6.07) is 22.9. The molecule has 1 heterocycles. The van der Waals surface area contributed by atoms with Crippen LogP contribution in [-0.2, 0) is 18.0 Å². The molecule has 0 fully saturated rings. The monoisotopic (exact) mass is 452 g/mol. The molecule has 0 radical (unpaired) electrons. The van der Waals surface area contributed by atoms with Crippen molar-refractivity contribution in [3.05, 3.63) is 95.1 Å². The molecule has 33 heavy (non-hydrogen) atoms. The van der Waals surface area contributed by atoms with Crippen molar-refractivity contribution in [3.63, 3.8) is 0 Å². The Morgan fingerprint density at radius 2 is 1.76 bits per heavy atom. The van der Waals surface area contributed by atoms with Gasteiger partial charge in [0.15, 0.2) is 0 Å². The van der Waals surface area contributed by atoms with E-state index in [2.05, 4.69) is 72.6 Å². The first kappa shape index (κ1) is 23.2. The highest BCUT2D eigenvalue weighted by molar-refractivity contribution is 5.67. The van der Waals surface area contributed by atoms with Crippen molar-refractivity contribution >= 4 is 11.4 Å². The second-order valence-corrected chi connectivity index (χ2v) is 8.99. The molecule has 0 saturated carbocycles. The minimum Gasteiger partial charge on any atom is -0.385 e. The predicted octanol–water partition coefficient (Wildman–Crippen LogP) is 7.29. The summed E-state index contributed by atoms with van der Waals surface area (Å²) in [5.41, 5.74) is 5.06. The number of halogens is 3. The van der Waals surface area contributed by atoms with Gasteiger partial charge in [0.2, 0.25) is 0 Å². The van der Waals surface area contributed by atoms with Gasteiger partial charge in [-0.3, -0.25) is 0 Å². The van der Waals surface area contributed by atoms with Gasteiger partial charge in [-0.05, 0) is 67.1 Å². The Bertz CT molecular complexity index is 1080. The first-order chi connectivity index (χ1) is 15.8. The fourth-order valence-electron chi connectivity index (χ4n) is 4.84. The Morgan fingerprint density at radius 1 is 0.970 bits per heavy atom. The van der Waals surface area contributed by atoms with E-state index in [1.165, 1.54) is 28.9 Å². The second kappa shape index (κ2) is 9.50. The van der Waals surface area contributed by atoms with E-state index in [0.717, 1.165) is 37.7 Å². The molecule has 1 unspecified atom stereocenters. The molecule has 0 bridgehead atoms. The van der Waals surface area contributed by atoms with E-state index in [4.69, 9.17) is 0 Å². The normalized spacial score (nSPS) is 18.2. The summed E-state index contributed by atoms with van der Waals surface area (Å²) < 4.78 is 38.8. The van der Waals surface area contributed by atoms with E-state index in [-0.39, 0.29) is 5.41 Å². The van der Waals surface area contributed by atoms with Crippen molar-refractivity contribution in [2.24, 2.45) is 0 Å². The number of hydrogen-bond acceptors (Lipinski definition) is 2. The molecule has 3 aromatic rings. The molecule has 0 amide bonds. The molecule has 3 aromatic carbocycles. The van der Waals surface area contributed by atoms with Gasteiger partial charge in [-0.1, -0.05) is 55.5 Å². The van der Waals surface area contributed by atoms with E-state index in [1.54, 1.807) is 6.07 Å². The summed E-state index contributed by atoms with van der Waals surface area (Å²) in [7, 11) is 0. The molecule has 4 rings (SSSR count). The average Bonchev–Trinajstić information content (AvgIpc) is 2.82. The number of aryl methyl sites for hydroxylation is 1. The van der Waals surface area contributed by atoms with Crippen LogP contribution < -0.4 is 10.2 Å². The van der Waals surface area contributed by atoms with Crippen LogP contribution in [0.3, 0.4) is 0 Å². The van der Waals surface area contributed by atoms with Crippen LogP contribution in [0.4, 0.5) is 24.5 Å². The van der Waals surface area contributed by atoms with Gasteiger partial charge in [-0.15, -0.1) is 0 Å². The van der Waals surface area contributed by atoms with Gasteiger partial charge in [0.05, 0.1) is 5.56 Å². The number of alkyl halides is 3. The lowest BCUT2D eigenvalue weighted by Crippen LogP contribution is -2.39. The Hall–Kier alpha value is -2.95. The summed E-state index contributed by atoms with van der Waals surface area (Å²) in [6.45, 7) is 7.22. The molecule has 0 aliphatic carbocycles. The molecule has 2 nitrogen and oxygen atoms in total. The summed E-state index contributed by atoms with van der Waals surface area (Å²) in [5, 5.41) is 3.49. The van der Waals surface area contributed by atoms with E-state index in [0.29, 0.717) is 18.5 Å². The summed E-state index contributed by atoms with van der Waals surface area (Å²) in [5.74, 6) is 0. The quantitative estimate of drug-likeness (QED) is 0.379. The highest BCUT2D eigenvalue weighted by Crippen LogP contribution is 2.45. The lowest BCUT2D eigenvalue weighted by Gasteiger charge is -2.42. The third-order valence-electron chi connectivity index (χ3n) is 6.83. The van der Waals surface area contributed by atoms with Crippen LogP contribution in [-0.4, -0.2) is 19.6 Å². The lowest BCUT2D eigenvalue weighted by atomic mass is 9.71. The molecular weight excluding hydrogens is 421 g/mol. The van der Waals surface area contributed by atoms with Gasteiger partial charge in [0, 0.05) is 36.4 Å². The third-order valence-corrected chi connectivity index (χ3v) is 6.83. The molecule has 0 aromatic heterocycles. The van der Waals surface area contributed by atoms with E-state index < -0.39 is 11.7 Å². The average molecular weight is 453 g/mol. The van der Waals surface area contributed by atoms with Crippen molar-refractivity contribution < 1.29 is 13.2 Å². The molecule has 1 N–H and O–H groups in total. The third kappa shape index (κ3) is 5.02. The van der Waals surface area contributed by atoms with Crippen molar-refractivity contribution in [1.29, 1.82) is 0 Å². The van der Waals surface area contributed by atoms with Crippen LogP contribution in [0.2, 0.25) is 0 Å². The minimum absolute atomic E-state index is 0.0576. The maximum atomic E-state index is 12.9. The Labute approximate surface area is 194 Å². The number of nitrogens with one attached hydrogen (secondary N) is 1. The summed E-state index contributed by atoms with van der Waals surface area (Å²) in [4.78, 5) is 2.43. The van der Waals surface area contributed by atoms with Crippen LogP contribution in [0.15, 0.2) is 72.8 Å². The smallest absolute Gasteiger partial charge is 0.385 e. The van der Waals surface area contributed by atoms with Gasteiger partial charge in [0.25, 0.3) is 0 Å². The first-order valence-electron chi connectivity index (χ1n) is 11.7. The summed E-state index contributed by atoms with van der Waals surface area (Å²) >= 11 is 0. The number of nitrogens with zero attached hydrogens (tertiary/aromatic N) is 1. The van der Waals surface area contributed by atoms with Crippen molar-refractivity contribution in [1.82, 2.24) is 0 Å². The van der Waals surface area contributed by atoms with E-state index in [9.17, 15) is 13.2 Å². The molecule has 1 atom stereocenters. The second-order valence-electron chi connectivity index (χ2n) is 8.99. The highest BCUT2D eigenvalue weighted by Gasteiger charge is 2.36. The van der Waals surface area contributed by atoms with Crippen molar-refractivity contribution in [2.45, 2.75) is 44.7 Å². The fraction of sp³-hybridized carbons (Fsp3) is 0.357. The van der Waals surface area contributed by atoms with Gasteiger partial charge in [-0.25, -0.2) is 0 Å². The van der Waals surface area contributed by atoms with Gasteiger partial charge < -0.3 is 10.2 Å². The van der Waals surface area contributed by atoms with Gasteiger partial charge in [-0.2, -0.15) is 13.2 Å². The van der Waals surface area contributed by atoms with Gasteiger partial charge >= 0.3 is 6.18 Å². The number of fused-ring (bicyclic) bond motifs is 1. The van der Waals surface area contributed by atoms with Crippen LogP contribution in [0.5, 0.6) is 0 Å². The molecular formula is C28H31F3N2. The number of anilines is 2. The number of benzene rings is 3. The SMILES string of the molecule is CCN1CCC(C)(c2ccccc2)c2cc(NCCCc3cccc(C(F)(F)F)c3)ccc21. The molecule has 174 valence electrons. The van der Waals surface area contributed by atoms with Crippen LogP contribution in [0.1, 0.15) is 48.9 Å². The Kier molecular flexibility index (Phi) is 6.68. The number of rotatable bonds is 7. The Balaban J connectivity index is 1.47. The molecule has 1 aliphatic heterocycles. The maximum Gasteiger partial charge on any atom is 0.416 e. The zero-order valence-corrected chi connectivity index (χ0v) is 19.3. The lowest BCUT2D eigenvalue weighted by molar-refractivity contribution is -0.137. The summed E-state index contributed by atoms with van der Waals surface area (Å²) in [6.07, 6.45) is -1.88. The molecule has 1 aliphatic rings. The standard InChI is InChI=1S/C28H31F3N2/c1-3-33-18-16-27(2,22-11-5-4-6-12-22)25-20-24(14-15-26(25)33)32-17-8-10-21-9-7-13-23(19-21)28(29,30)31/h4-7,9,11-15,19-20,32H,3,8,10,16-18H2,1-2H3. The number of hydrogen-bond donors (Lipinski definition) is 1. The predicted molar refractivity (Wildman–Crippen MR) is 130 cm³/mol. The highest BCUT2D eigenvalue weighted by atomic mass is 19.4. The maximum absolute atomic E-state index is 12.9. The van der Waals surface area contributed by atoms with Crippen molar-refractivity contribution in [2.75, 3.05) is 29.9 Å². The van der Waals surface area contributed by atoms with Crippen molar-refractivity contribution in [3.8, 4) is 0 Å². The largest absolute Gasteiger partial charge is 0.416 e. The fourth-order valence-corrected chi connectivity index (χ4v) is 4.84. The van der Waals surface area contributed by atoms with E-state index >= 15 is 0 Å². The van der Waals surface area contributed by atoms with Crippen LogP contribution in [0.25, 0.3) is 0 Å². The topological polar surface area (TPSA) is 15.3 Å².